The average molecular weight is 253 g/mol. The molecule has 2 saturated heterocycles. The number of hydrogen-bond donors (Lipinski definition) is 1. The molecule has 0 bridgehead atoms. The van der Waals surface area contributed by atoms with Gasteiger partial charge in [-0.1, -0.05) is 6.42 Å². The highest BCUT2D eigenvalue weighted by Crippen LogP contribution is 2.21. The second kappa shape index (κ2) is 6.02. The smallest absolute Gasteiger partial charge is 0.240 e. The molecule has 0 aromatic heterocycles. The van der Waals surface area contributed by atoms with E-state index >= 15 is 0 Å². The fourth-order valence-corrected chi connectivity index (χ4v) is 3.17. The highest BCUT2D eigenvalue weighted by atomic mass is 16.2. The average Bonchev–Trinajstić information content (AvgIpc) is 2.86. The maximum absolute atomic E-state index is 12.3. The summed E-state index contributed by atoms with van der Waals surface area (Å²) in [6.07, 6.45) is 6.07. The van der Waals surface area contributed by atoms with Crippen LogP contribution in [0.3, 0.4) is 0 Å². The highest BCUT2D eigenvalue weighted by Gasteiger charge is 2.29. The number of carbonyl (C=O) groups excluding carboxylic acids is 1. The maximum Gasteiger partial charge on any atom is 0.240 e. The highest BCUT2D eigenvalue weighted by molar-refractivity contribution is 5.81. The lowest BCUT2D eigenvalue weighted by molar-refractivity contribution is -0.134. The predicted octanol–water partition coefficient (Wildman–Crippen LogP) is 1.76. The van der Waals surface area contributed by atoms with Gasteiger partial charge in [-0.05, 0) is 46.5 Å². The summed E-state index contributed by atoms with van der Waals surface area (Å²) in [5.41, 5.74) is 3.44. The molecule has 1 N–H and O–H groups in total. The van der Waals surface area contributed by atoms with Crippen LogP contribution in [0.1, 0.15) is 52.9 Å². The summed E-state index contributed by atoms with van der Waals surface area (Å²) >= 11 is 0. The first-order valence-corrected chi connectivity index (χ1v) is 7.43. The number of hydrogen-bond acceptors (Lipinski definition) is 3. The largest absolute Gasteiger partial charge is 0.341 e. The second-order valence-corrected chi connectivity index (χ2v) is 5.92. The van der Waals surface area contributed by atoms with Crippen molar-refractivity contribution in [2.24, 2.45) is 0 Å². The van der Waals surface area contributed by atoms with E-state index in [4.69, 9.17) is 0 Å². The second-order valence-electron chi connectivity index (χ2n) is 5.92. The van der Waals surface area contributed by atoms with Gasteiger partial charge in [0.2, 0.25) is 5.91 Å². The normalized spacial score (nSPS) is 31.6. The first-order valence-electron chi connectivity index (χ1n) is 7.43. The number of hydrazine groups is 1. The van der Waals surface area contributed by atoms with Crippen molar-refractivity contribution in [2.45, 2.75) is 71.0 Å². The van der Waals surface area contributed by atoms with Gasteiger partial charge >= 0.3 is 0 Å². The van der Waals surface area contributed by atoms with Gasteiger partial charge in [0.05, 0.1) is 6.04 Å². The summed E-state index contributed by atoms with van der Waals surface area (Å²) in [5, 5.41) is 2.29. The van der Waals surface area contributed by atoms with E-state index in [9.17, 15) is 4.79 Å². The number of nitrogens with zero attached hydrogens (tertiary/aromatic N) is 2. The monoisotopic (exact) mass is 253 g/mol. The minimum atomic E-state index is -0.0916. The van der Waals surface area contributed by atoms with Gasteiger partial charge in [-0.2, -0.15) is 0 Å². The summed E-state index contributed by atoms with van der Waals surface area (Å²) in [4.78, 5) is 14.3. The quantitative estimate of drug-likeness (QED) is 0.832. The molecule has 4 heteroatoms. The first kappa shape index (κ1) is 13.8. The Hall–Kier alpha value is -0.610. The van der Waals surface area contributed by atoms with Crippen molar-refractivity contribution in [3.63, 3.8) is 0 Å². The number of nitrogens with one attached hydrogen (secondary N) is 1. The molecule has 0 radical (unpaired) electrons. The van der Waals surface area contributed by atoms with E-state index in [1.807, 2.05) is 11.8 Å². The van der Waals surface area contributed by atoms with Crippen LogP contribution in [0, 0.1) is 0 Å². The number of piperidine rings is 1. The Labute approximate surface area is 111 Å². The van der Waals surface area contributed by atoms with Crippen molar-refractivity contribution < 1.29 is 4.79 Å². The molecular formula is C14H27N3O. The molecule has 2 aliphatic heterocycles. The van der Waals surface area contributed by atoms with E-state index in [0.717, 1.165) is 25.9 Å². The summed E-state index contributed by atoms with van der Waals surface area (Å²) in [5.74, 6) is 0.262. The Balaban J connectivity index is 1.88. The van der Waals surface area contributed by atoms with E-state index < -0.39 is 0 Å². The van der Waals surface area contributed by atoms with Crippen LogP contribution in [0.5, 0.6) is 0 Å². The van der Waals surface area contributed by atoms with Crippen molar-refractivity contribution in [2.75, 3.05) is 13.1 Å². The number of amides is 1. The van der Waals surface area contributed by atoms with E-state index in [1.54, 1.807) is 0 Å². The van der Waals surface area contributed by atoms with Gasteiger partial charge in [0.15, 0.2) is 0 Å². The molecule has 2 rings (SSSR count). The zero-order valence-corrected chi connectivity index (χ0v) is 12.0. The Kier molecular flexibility index (Phi) is 4.62. The van der Waals surface area contributed by atoms with Gasteiger partial charge < -0.3 is 4.90 Å². The Morgan fingerprint density at radius 3 is 2.22 bits per heavy atom. The van der Waals surface area contributed by atoms with E-state index in [-0.39, 0.29) is 11.9 Å². The number of carbonyl (C=O) groups is 1. The van der Waals surface area contributed by atoms with Crippen LogP contribution in [-0.4, -0.2) is 47.0 Å². The summed E-state index contributed by atoms with van der Waals surface area (Å²) in [6, 6.07) is 0.969. The van der Waals surface area contributed by atoms with Gasteiger partial charge in [-0.15, -0.1) is 0 Å². The molecule has 0 spiro atoms. The van der Waals surface area contributed by atoms with Crippen molar-refractivity contribution in [1.29, 1.82) is 0 Å². The van der Waals surface area contributed by atoms with Crippen LogP contribution in [0.4, 0.5) is 0 Å². The molecule has 2 heterocycles. The maximum atomic E-state index is 12.3. The fraction of sp³-hybridized carbons (Fsp3) is 0.929. The Bertz CT molecular complexity index is 279. The van der Waals surface area contributed by atoms with E-state index in [1.165, 1.54) is 19.3 Å². The SMILES string of the molecule is CC(NN1C(C)CCCC1C)C(=O)N1CCCC1. The molecule has 1 amide bonds. The Morgan fingerprint density at radius 2 is 1.67 bits per heavy atom. The number of rotatable bonds is 3. The molecule has 0 aromatic carbocycles. The van der Waals surface area contributed by atoms with Gasteiger partial charge in [-0.25, -0.2) is 10.4 Å². The van der Waals surface area contributed by atoms with Crippen LogP contribution in [0.25, 0.3) is 0 Å². The molecule has 4 nitrogen and oxygen atoms in total. The van der Waals surface area contributed by atoms with Crippen LogP contribution < -0.4 is 5.43 Å². The third-order valence-electron chi connectivity index (χ3n) is 4.32. The van der Waals surface area contributed by atoms with Crippen LogP contribution in [-0.2, 0) is 4.79 Å². The molecular weight excluding hydrogens is 226 g/mol. The lowest BCUT2D eigenvalue weighted by Crippen LogP contribution is -2.58. The van der Waals surface area contributed by atoms with Crippen molar-refractivity contribution in [3.8, 4) is 0 Å². The fourth-order valence-electron chi connectivity index (χ4n) is 3.17. The van der Waals surface area contributed by atoms with Gasteiger partial charge in [0.1, 0.15) is 0 Å². The third kappa shape index (κ3) is 3.04. The van der Waals surface area contributed by atoms with Crippen molar-refractivity contribution in [3.05, 3.63) is 0 Å². The zero-order chi connectivity index (χ0) is 13.1. The molecule has 0 aromatic rings. The van der Waals surface area contributed by atoms with E-state index in [0.29, 0.717) is 12.1 Å². The molecule has 18 heavy (non-hydrogen) atoms. The molecule has 2 fully saturated rings. The minimum absolute atomic E-state index is 0.0916. The summed E-state index contributed by atoms with van der Waals surface area (Å²) < 4.78 is 0. The lowest BCUT2D eigenvalue weighted by Gasteiger charge is -2.41. The first-order chi connectivity index (χ1) is 8.59. The molecule has 0 saturated carbocycles. The lowest BCUT2D eigenvalue weighted by atomic mass is 10.00. The summed E-state index contributed by atoms with van der Waals surface area (Å²) in [6.45, 7) is 8.37. The number of likely N-dealkylation sites (tertiary alicyclic amines) is 1. The summed E-state index contributed by atoms with van der Waals surface area (Å²) in [7, 11) is 0. The standard InChI is InChI=1S/C14H27N3O/c1-11-7-6-8-12(2)17(11)15-13(3)14(18)16-9-4-5-10-16/h11-13,15H,4-10H2,1-3H3. The Morgan fingerprint density at radius 1 is 1.11 bits per heavy atom. The van der Waals surface area contributed by atoms with Gasteiger partial charge in [-0.3, -0.25) is 4.79 Å². The van der Waals surface area contributed by atoms with Crippen LogP contribution >= 0.6 is 0 Å². The van der Waals surface area contributed by atoms with Crippen molar-refractivity contribution in [1.82, 2.24) is 15.3 Å². The molecule has 104 valence electrons. The molecule has 2 aliphatic rings. The van der Waals surface area contributed by atoms with Gasteiger partial charge in [0, 0.05) is 25.2 Å². The topological polar surface area (TPSA) is 35.6 Å². The molecule has 0 aliphatic carbocycles. The van der Waals surface area contributed by atoms with Crippen molar-refractivity contribution >= 4 is 5.91 Å². The predicted molar refractivity (Wildman–Crippen MR) is 73.0 cm³/mol. The molecule has 3 atom stereocenters. The van der Waals surface area contributed by atoms with Crippen LogP contribution in [0.2, 0.25) is 0 Å². The van der Waals surface area contributed by atoms with Gasteiger partial charge in [0.25, 0.3) is 0 Å². The van der Waals surface area contributed by atoms with E-state index in [2.05, 4.69) is 24.3 Å². The van der Waals surface area contributed by atoms with Crippen LogP contribution in [0.15, 0.2) is 0 Å². The minimum Gasteiger partial charge on any atom is -0.341 e. The molecule has 3 unspecified atom stereocenters. The zero-order valence-electron chi connectivity index (χ0n) is 12.0. The third-order valence-corrected chi connectivity index (χ3v) is 4.32.